The molecule has 0 aliphatic heterocycles. The zero-order valence-corrected chi connectivity index (χ0v) is 33.7. The van der Waals surface area contributed by atoms with E-state index in [1.165, 1.54) is 33.6 Å². The Hall–Kier alpha value is -6.48. The number of imidazole rings is 4. The molecular formula is C48H46N8O. The van der Waals surface area contributed by atoms with Crippen molar-refractivity contribution in [3.05, 3.63) is 132 Å². The van der Waals surface area contributed by atoms with Gasteiger partial charge in [0.2, 0.25) is 11.6 Å². The molecule has 0 aliphatic carbocycles. The molecule has 0 fully saturated rings. The minimum Gasteiger partial charge on any atom is -0.457 e. The zero-order valence-electron chi connectivity index (χ0n) is 33.7. The van der Waals surface area contributed by atoms with Crippen molar-refractivity contribution in [2.45, 2.75) is 79.1 Å². The standard InChI is InChI=1S/C48H46N8O/c1-27(2)33-13-9-14-34(28(3)4)43(33)53-39-17-11-23-49-45(39)55-41-25-31(19-21-37(41)51-47(53)55)57-32-20-22-38-42(26-32)56-46-40(18-12-24-50-46)54(48(56)52-38)44-35(29(5)6)15-10-16-36(44)30(7)8/h9-30H,1-8H3. The van der Waals surface area contributed by atoms with Crippen LogP contribution in [0.3, 0.4) is 0 Å². The van der Waals surface area contributed by atoms with E-state index < -0.39 is 0 Å². The molecule has 9 heteroatoms. The van der Waals surface area contributed by atoms with Crippen LogP contribution in [-0.2, 0) is 0 Å². The van der Waals surface area contributed by atoms with Gasteiger partial charge in [-0.15, -0.1) is 0 Å². The number of aromatic nitrogens is 8. The molecule has 284 valence electrons. The summed E-state index contributed by atoms with van der Waals surface area (Å²) >= 11 is 0. The topological polar surface area (TPSA) is 79.5 Å². The molecule has 57 heavy (non-hydrogen) atoms. The maximum absolute atomic E-state index is 6.70. The van der Waals surface area contributed by atoms with Crippen molar-refractivity contribution < 1.29 is 4.74 Å². The van der Waals surface area contributed by atoms with E-state index in [1.54, 1.807) is 0 Å². The summed E-state index contributed by atoms with van der Waals surface area (Å²) in [5.41, 5.74) is 14.9. The predicted octanol–water partition coefficient (Wildman–Crippen LogP) is 12.3. The van der Waals surface area contributed by atoms with Crippen molar-refractivity contribution in [1.82, 2.24) is 37.9 Å². The molecule has 0 unspecified atom stereocenters. The highest BCUT2D eigenvalue weighted by atomic mass is 16.5. The van der Waals surface area contributed by atoms with E-state index >= 15 is 0 Å². The average Bonchev–Trinajstić information content (AvgIpc) is 3.93. The number of hydrogen-bond acceptors (Lipinski definition) is 5. The lowest BCUT2D eigenvalue weighted by molar-refractivity contribution is 0.484. The van der Waals surface area contributed by atoms with Gasteiger partial charge in [-0.25, -0.2) is 19.9 Å². The average molecular weight is 751 g/mol. The first-order chi connectivity index (χ1) is 27.6. The van der Waals surface area contributed by atoms with Crippen LogP contribution in [0.2, 0.25) is 0 Å². The Morgan fingerprint density at radius 2 is 0.825 bits per heavy atom. The van der Waals surface area contributed by atoms with Crippen LogP contribution in [0.25, 0.3) is 67.3 Å². The van der Waals surface area contributed by atoms with E-state index in [-0.39, 0.29) is 0 Å². The van der Waals surface area contributed by atoms with Crippen molar-refractivity contribution in [3.63, 3.8) is 0 Å². The van der Waals surface area contributed by atoms with Crippen LogP contribution in [0.4, 0.5) is 0 Å². The summed E-state index contributed by atoms with van der Waals surface area (Å²) in [4.78, 5) is 20.3. The highest BCUT2D eigenvalue weighted by Crippen LogP contribution is 2.39. The first-order valence-electron chi connectivity index (χ1n) is 20.1. The van der Waals surface area contributed by atoms with E-state index in [0.29, 0.717) is 35.2 Å². The molecule has 0 saturated carbocycles. The van der Waals surface area contributed by atoms with Crippen molar-refractivity contribution in [2.24, 2.45) is 0 Å². The molecule has 0 spiro atoms. The molecule has 10 aromatic rings. The highest BCUT2D eigenvalue weighted by molar-refractivity contribution is 5.93. The van der Waals surface area contributed by atoms with Gasteiger partial charge in [-0.3, -0.25) is 17.9 Å². The predicted molar refractivity (Wildman–Crippen MR) is 231 cm³/mol. The lowest BCUT2D eigenvalue weighted by atomic mass is 9.92. The van der Waals surface area contributed by atoms with Gasteiger partial charge in [-0.1, -0.05) is 91.8 Å². The Balaban J connectivity index is 1.13. The second-order valence-corrected chi connectivity index (χ2v) is 16.4. The molecule has 6 heterocycles. The van der Waals surface area contributed by atoms with E-state index in [9.17, 15) is 0 Å². The van der Waals surface area contributed by atoms with Gasteiger partial charge in [0.15, 0.2) is 11.3 Å². The minimum atomic E-state index is 0.326. The first-order valence-corrected chi connectivity index (χ1v) is 20.1. The SMILES string of the molecule is CC(C)c1cccc(C(C)C)c1-n1c2cccnc2n2c3cc(Oc4ccc5nc6n(-c7c(C(C)C)cccc7C(C)C)c7cccnc7n6c5c4)ccc3nc12. The third-order valence-corrected chi connectivity index (χ3v) is 11.4. The van der Waals surface area contributed by atoms with Crippen molar-refractivity contribution in [1.29, 1.82) is 0 Å². The third-order valence-electron chi connectivity index (χ3n) is 11.4. The summed E-state index contributed by atoms with van der Waals surface area (Å²) in [6.07, 6.45) is 3.71. The van der Waals surface area contributed by atoms with Gasteiger partial charge in [0.05, 0.1) is 44.5 Å². The number of ether oxygens (including phenoxy) is 1. The van der Waals surface area contributed by atoms with Crippen LogP contribution in [0.1, 0.15) is 101 Å². The minimum absolute atomic E-state index is 0.326. The van der Waals surface area contributed by atoms with Crippen LogP contribution >= 0.6 is 0 Å². The maximum atomic E-state index is 6.70. The first kappa shape index (κ1) is 35.0. The second kappa shape index (κ2) is 13.0. The number of benzene rings is 4. The molecule has 10 rings (SSSR count). The lowest BCUT2D eigenvalue weighted by Crippen LogP contribution is -2.07. The molecule has 0 N–H and O–H groups in total. The Labute approximate surface area is 331 Å². The largest absolute Gasteiger partial charge is 0.457 e. The van der Waals surface area contributed by atoms with Crippen molar-refractivity contribution >= 4 is 55.9 Å². The second-order valence-electron chi connectivity index (χ2n) is 16.4. The molecule has 0 saturated heterocycles. The van der Waals surface area contributed by atoms with Crippen molar-refractivity contribution in [2.75, 3.05) is 0 Å². The number of fused-ring (bicyclic) bond motifs is 10. The van der Waals surface area contributed by atoms with Gasteiger partial charge >= 0.3 is 0 Å². The smallest absolute Gasteiger partial charge is 0.221 e. The fourth-order valence-electron chi connectivity index (χ4n) is 8.73. The number of pyridine rings is 2. The van der Waals surface area contributed by atoms with Crippen LogP contribution in [0.5, 0.6) is 11.5 Å². The fraction of sp³-hybridized carbons (Fsp3) is 0.250. The zero-order chi connectivity index (χ0) is 39.3. The number of nitrogens with zero attached hydrogens (tertiary/aromatic N) is 8. The number of para-hydroxylation sites is 2. The Bertz CT molecular complexity index is 2920. The lowest BCUT2D eigenvalue weighted by Gasteiger charge is -2.21. The van der Waals surface area contributed by atoms with E-state index in [1.807, 2.05) is 48.8 Å². The van der Waals surface area contributed by atoms with Crippen LogP contribution in [-0.4, -0.2) is 37.9 Å². The van der Waals surface area contributed by atoms with Crippen LogP contribution in [0, 0.1) is 0 Å². The Morgan fingerprint density at radius 3 is 1.19 bits per heavy atom. The van der Waals surface area contributed by atoms with E-state index in [2.05, 4.69) is 134 Å². The van der Waals surface area contributed by atoms with Gasteiger partial charge in [-0.2, -0.15) is 0 Å². The Morgan fingerprint density at radius 1 is 0.439 bits per heavy atom. The summed E-state index contributed by atoms with van der Waals surface area (Å²) in [6, 6.07) is 33.8. The molecule has 9 nitrogen and oxygen atoms in total. The monoisotopic (exact) mass is 750 g/mol. The van der Waals surface area contributed by atoms with Crippen molar-refractivity contribution in [3.8, 4) is 22.9 Å². The van der Waals surface area contributed by atoms with E-state index in [4.69, 9.17) is 24.7 Å². The fourth-order valence-corrected chi connectivity index (χ4v) is 8.73. The summed E-state index contributed by atoms with van der Waals surface area (Å²) in [6.45, 7) is 18.0. The maximum Gasteiger partial charge on any atom is 0.221 e. The third kappa shape index (κ3) is 5.28. The molecule has 0 amide bonds. The summed E-state index contributed by atoms with van der Waals surface area (Å²) in [7, 11) is 0. The quantitative estimate of drug-likeness (QED) is 0.154. The molecule has 0 bridgehead atoms. The molecule has 6 aromatic heterocycles. The van der Waals surface area contributed by atoms with E-state index in [0.717, 1.165) is 55.9 Å². The molecule has 0 aliphatic rings. The number of hydrogen-bond donors (Lipinski definition) is 0. The van der Waals surface area contributed by atoms with Gasteiger partial charge in [-0.05, 0) is 94.5 Å². The van der Waals surface area contributed by atoms with Gasteiger partial charge in [0, 0.05) is 24.5 Å². The highest BCUT2D eigenvalue weighted by Gasteiger charge is 2.26. The summed E-state index contributed by atoms with van der Waals surface area (Å²) in [5.74, 6) is 4.38. The van der Waals surface area contributed by atoms with Gasteiger partial charge in [0.1, 0.15) is 11.5 Å². The molecule has 0 radical (unpaired) electrons. The molecule has 0 atom stereocenters. The molecule has 4 aromatic carbocycles. The summed E-state index contributed by atoms with van der Waals surface area (Å²) < 4.78 is 15.7. The van der Waals surface area contributed by atoms with Gasteiger partial charge < -0.3 is 4.74 Å². The number of rotatable bonds is 8. The van der Waals surface area contributed by atoms with Gasteiger partial charge in [0.25, 0.3) is 0 Å². The molecular weight excluding hydrogens is 705 g/mol. The Kier molecular flexibility index (Phi) is 8.01. The normalized spacial score (nSPS) is 12.5. The summed E-state index contributed by atoms with van der Waals surface area (Å²) in [5, 5.41) is 0. The van der Waals surface area contributed by atoms with Crippen LogP contribution in [0.15, 0.2) is 109 Å². The van der Waals surface area contributed by atoms with Crippen LogP contribution < -0.4 is 4.74 Å².